The minimum atomic E-state index is -0.783. The van der Waals surface area contributed by atoms with Crippen LogP contribution in [0.2, 0.25) is 0 Å². The second-order valence-electron chi connectivity index (χ2n) is 8.14. The van der Waals surface area contributed by atoms with Gasteiger partial charge in [0.25, 0.3) is 11.8 Å². The molecule has 2 saturated heterocycles. The first-order valence-electron chi connectivity index (χ1n) is 10.3. The molecule has 0 N–H and O–H groups in total. The summed E-state index contributed by atoms with van der Waals surface area (Å²) in [6, 6.07) is 0. The van der Waals surface area contributed by atoms with Crippen LogP contribution in [0.25, 0.3) is 0 Å². The Balaban J connectivity index is 1.70. The van der Waals surface area contributed by atoms with Crippen molar-refractivity contribution in [3.05, 3.63) is 11.6 Å². The molecule has 8 heteroatoms. The lowest BCUT2D eigenvalue weighted by atomic mass is 9.99. The third kappa shape index (κ3) is 7.51. The number of nitrogens with zero attached hydrogens (tertiary/aromatic N) is 2. The van der Waals surface area contributed by atoms with Gasteiger partial charge in [-0.25, -0.2) is 9.59 Å². The summed E-state index contributed by atoms with van der Waals surface area (Å²) in [4.78, 5) is 51.4. The van der Waals surface area contributed by atoms with E-state index in [4.69, 9.17) is 9.47 Å². The van der Waals surface area contributed by atoms with Crippen LogP contribution in [0.1, 0.15) is 46.5 Å². The van der Waals surface area contributed by atoms with Crippen molar-refractivity contribution in [2.24, 2.45) is 11.8 Å². The molecule has 8 nitrogen and oxygen atoms in total. The molecule has 2 aliphatic heterocycles. The zero-order valence-electron chi connectivity index (χ0n) is 17.6. The Hall–Kier alpha value is -2.38. The monoisotopic (exact) mass is 408 g/mol. The van der Waals surface area contributed by atoms with Gasteiger partial charge in [0.15, 0.2) is 13.2 Å². The molecule has 0 spiro atoms. The summed E-state index contributed by atoms with van der Waals surface area (Å²) in [5.41, 5.74) is 0.0225. The highest BCUT2D eigenvalue weighted by molar-refractivity contribution is 5.97. The molecule has 0 aromatic carbocycles. The summed E-state index contributed by atoms with van der Waals surface area (Å²) in [5, 5.41) is 0. The topological polar surface area (TPSA) is 93.2 Å². The summed E-state index contributed by atoms with van der Waals surface area (Å²) in [7, 11) is 0. The molecule has 0 saturated carbocycles. The van der Waals surface area contributed by atoms with Crippen LogP contribution in [-0.4, -0.2) is 72.9 Å². The van der Waals surface area contributed by atoms with Crippen LogP contribution in [0.3, 0.4) is 0 Å². The fourth-order valence-corrected chi connectivity index (χ4v) is 3.35. The van der Waals surface area contributed by atoms with Crippen molar-refractivity contribution in [3.8, 4) is 0 Å². The number of likely N-dealkylation sites (tertiary alicyclic amines) is 2. The van der Waals surface area contributed by atoms with Crippen molar-refractivity contribution < 1.29 is 28.7 Å². The first kappa shape index (κ1) is 22.9. The molecule has 0 aromatic rings. The van der Waals surface area contributed by atoms with Gasteiger partial charge in [0.05, 0.1) is 0 Å². The van der Waals surface area contributed by atoms with Gasteiger partial charge >= 0.3 is 11.9 Å². The predicted octanol–water partition coefficient (Wildman–Crippen LogP) is 1.54. The standard InChI is InChI=1S/C21H32N2O6/c1-15-4-8-22(9-5-15)18(24)13-28-20(26)12-17(3)21(27)29-14-19(25)23-10-6-16(2)7-11-23/h12,15-16H,4-11,13-14H2,1-3H3. The van der Waals surface area contributed by atoms with E-state index in [9.17, 15) is 19.2 Å². The quantitative estimate of drug-likeness (QED) is 0.489. The average molecular weight is 408 g/mol. The van der Waals surface area contributed by atoms with Crippen LogP contribution in [0.15, 0.2) is 11.6 Å². The molecule has 162 valence electrons. The SMILES string of the molecule is CC(=CC(=O)OCC(=O)N1CCC(C)CC1)C(=O)OCC(=O)N1CCC(C)CC1. The number of ether oxygens (including phenoxy) is 2. The highest BCUT2D eigenvalue weighted by atomic mass is 16.5. The van der Waals surface area contributed by atoms with E-state index in [-0.39, 0.29) is 30.6 Å². The summed E-state index contributed by atoms with van der Waals surface area (Å²) >= 11 is 0. The van der Waals surface area contributed by atoms with Gasteiger partial charge in [-0.2, -0.15) is 0 Å². The Labute approximate surface area is 172 Å². The molecule has 0 aliphatic carbocycles. The highest BCUT2D eigenvalue weighted by Gasteiger charge is 2.23. The van der Waals surface area contributed by atoms with Crippen LogP contribution < -0.4 is 0 Å². The fourth-order valence-electron chi connectivity index (χ4n) is 3.35. The second kappa shape index (κ2) is 11.0. The molecule has 2 aliphatic rings. The number of amides is 2. The Morgan fingerprint density at radius 1 is 0.793 bits per heavy atom. The first-order valence-corrected chi connectivity index (χ1v) is 10.3. The lowest BCUT2D eigenvalue weighted by Crippen LogP contribution is -2.40. The Morgan fingerprint density at radius 2 is 1.21 bits per heavy atom. The van der Waals surface area contributed by atoms with E-state index in [0.717, 1.165) is 31.8 Å². The maximum Gasteiger partial charge on any atom is 0.334 e. The van der Waals surface area contributed by atoms with E-state index in [0.29, 0.717) is 38.0 Å². The van der Waals surface area contributed by atoms with E-state index in [1.807, 2.05) is 0 Å². The Kier molecular flexibility index (Phi) is 8.67. The van der Waals surface area contributed by atoms with E-state index < -0.39 is 11.9 Å². The maximum absolute atomic E-state index is 12.1. The normalized spacial score (nSPS) is 19.1. The van der Waals surface area contributed by atoms with Gasteiger partial charge in [-0.15, -0.1) is 0 Å². The van der Waals surface area contributed by atoms with Gasteiger partial charge < -0.3 is 19.3 Å². The average Bonchev–Trinajstić information content (AvgIpc) is 2.71. The number of hydrogen-bond donors (Lipinski definition) is 0. The second-order valence-corrected chi connectivity index (χ2v) is 8.14. The Bertz CT molecular complexity index is 644. The molecule has 2 heterocycles. The van der Waals surface area contributed by atoms with Gasteiger partial charge in [0.2, 0.25) is 0 Å². The molecular weight excluding hydrogens is 376 g/mol. The van der Waals surface area contributed by atoms with E-state index in [1.165, 1.54) is 6.92 Å². The van der Waals surface area contributed by atoms with Crippen LogP contribution in [0, 0.1) is 11.8 Å². The van der Waals surface area contributed by atoms with E-state index in [1.54, 1.807) is 9.80 Å². The molecule has 29 heavy (non-hydrogen) atoms. The van der Waals surface area contributed by atoms with Crippen molar-refractivity contribution in [2.45, 2.75) is 46.5 Å². The third-order valence-corrected chi connectivity index (χ3v) is 5.59. The van der Waals surface area contributed by atoms with Crippen LogP contribution in [-0.2, 0) is 28.7 Å². The number of esters is 2. The van der Waals surface area contributed by atoms with E-state index in [2.05, 4.69) is 13.8 Å². The summed E-state index contributed by atoms with van der Waals surface area (Å²) in [6.07, 6.45) is 4.76. The largest absolute Gasteiger partial charge is 0.452 e. The van der Waals surface area contributed by atoms with Crippen molar-refractivity contribution >= 4 is 23.8 Å². The van der Waals surface area contributed by atoms with Gasteiger partial charge in [0.1, 0.15) is 0 Å². The van der Waals surface area contributed by atoms with Gasteiger partial charge in [-0.1, -0.05) is 13.8 Å². The smallest absolute Gasteiger partial charge is 0.334 e. The molecule has 0 radical (unpaired) electrons. The molecule has 0 aromatic heterocycles. The van der Waals surface area contributed by atoms with Crippen molar-refractivity contribution in [1.29, 1.82) is 0 Å². The minimum absolute atomic E-state index is 0.0225. The van der Waals surface area contributed by atoms with Crippen LogP contribution >= 0.6 is 0 Å². The highest BCUT2D eigenvalue weighted by Crippen LogP contribution is 2.17. The molecule has 2 amide bonds. The number of carbonyl (C=O) groups is 4. The zero-order chi connectivity index (χ0) is 21.4. The maximum atomic E-state index is 12.1. The fraction of sp³-hybridized carbons (Fsp3) is 0.714. The van der Waals surface area contributed by atoms with Crippen LogP contribution in [0.5, 0.6) is 0 Å². The predicted molar refractivity (Wildman–Crippen MR) is 106 cm³/mol. The molecule has 0 bridgehead atoms. The summed E-state index contributed by atoms with van der Waals surface area (Å²) < 4.78 is 9.94. The molecular formula is C21H32N2O6. The number of rotatable bonds is 6. The number of carbonyl (C=O) groups excluding carboxylic acids is 4. The number of piperidine rings is 2. The lowest BCUT2D eigenvalue weighted by Gasteiger charge is -2.30. The molecule has 0 atom stereocenters. The summed E-state index contributed by atoms with van der Waals surface area (Å²) in [5.74, 6) is -0.805. The molecule has 0 unspecified atom stereocenters. The van der Waals surface area contributed by atoms with Crippen molar-refractivity contribution in [3.63, 3.8) is 0 Å². The van der Waals surface area contributed by atoms with Crippen molar-refractivity contribution in [2.75, 3.05) is 39.4 Å². The van der Waals surface area contributed by atoms with Gasteiger partial charge in [-0.3, -0.25) is 9.59 Å². The van der Waals surface area contributed by atoms with Crippen molar-refractivity contribution in [1.82, 2.24) is 9.80 Å². The number of hydrogen-bond acceptors (Lipinski definition) is 6. The lowest BCUT2D eigenvalue weighted by molar-refractivity contribution is -0.150. The summed E-state index contributed by atoms with van der Waals surface area (Å²) in [6.45, 7) is 7.68. The third-order valence-electron chi connectivity index (χ3n) is 5.59. The first-order chi connectivity index (χ1) is 13.8. The van der Waals surface area contributed by atoms with Gasteiger partial charge in [0, 0.05) is 37.8 Å². The molecule has 2 rings (SSSR count). The Morgan fingerprint density at radius 3 is 1.66 bits per heavy atom. The molecule has 2 fully saturated rings. The van der Waals surface area contributed by atoms with Crippen LogP contribution in [0.4, 0.5) is 0 Å². The van der Waals surface area contributed by atoms with Gasteiger partial charge in [-0.05, 0) is 44.4 Å². The van der Waals surface area contributed by atoms with E-state index >= 15 is 0 Å². The zero-order valence-corrected chi connectivity index (χ0v) is 17.6. The minimum Gasteiger partial charge on any atom is -0.452 e.